The number of anilines is 1. The van der Waals surface area contributed by atoms with Gasteiger partial charge in [-0.3, -0.25) is 9.69 Å². The number of nitrogens with zero attached hydrogens (tertiary/aromatic N) is 1. The Balaban J connectivity index is 1.83. The zero-order valence-corrected chi connectivity index (χ0v) is 12.8. The summed E-state index contributed by atoms with van der Waals surface area (Å²) >= 11 is 11.9. The highest BCUT2D eigenvalue weighted by molar-refractivity contribution is 6.43. The number of likely N-dealkylation sites (N-methyl/N-ethyl adjacent to an activating group) is 1. The van der Waals surface area contributed by atoms with Crippen molar-refractivity contribution in [1.82, 2.24) is 4.90 Å². The van der Waals surface area contributed by atoms with Gasteiger partial charge in [-0.15, -0.1) is 0 Å². The third-order valence-corrected chi connectivity index (χ3v) is 4.12. The first-order chi connectivity index (χ1) is 9.47. The van der Waals surface area contributed by atoms with Crippen molar-refractivity contribution < 1.29 is 9.90 Å². The van der Waals surface area contributed by atoms with E-state index in [4.69, 9.17) is 23.2 Å². The minimum absolute atomic E-state index is 0.181. The summed E-state index contributed by atoms with van der Waals surface area (Å²) in [7, 11) is 1.81. The fraction of sp³-hybridized carbons (Fsp3) is 0.500. The van der Waals surface area contributed by atoms with Crippen LogP contribution in [0.4, 0.5) is 5.69 Å². The molecule has 6 heteroatoms. The first-order valence-corrected chi connectivity index (χ1v) is 7.33. The van der Waals surface area contributed by atoms with Crippen molar-refractivity contribution in [1.29, 1.82) is 0 Å². The summed E-state index contributed by atoms with van der Waals surface area (Å²) in [5.41, 5.74) is 0.500. The molecule has 1 aliphatic carbocycles. The van der Waals surface area contributed by atoms with E-state index in [0.29, 0.717) is 28.2 Å². The molecule has 1 fully saturated rings. The van der Waals surface area contributed by atoms with Gasteiger partial charge in [-0.05, 0) is 37.9 Å². The van der Waals surface area contributed by atoms with Crippen LogP contribution in [0.3, 0.4) is 0 Å². The Bertz CT molecular complexity index is 492. The largest absolute Gasteiger partial charge is 0.392 e. The van der Waals surface area contributed by atoms with Crippen LogP contribution in [-0.2, 0) is 4.79 Å². The Labute approximate surface area is 128 Å². The smallest absolute Gasteiger partial charge is 0.238 e. The predicted octanol–water partition coefficient (Wildman–Crippen LogP) is 2.63. The summed E-state index contributed by atoms with van der Waals surface area (Å²) < 4.78 is 0. The molecule has 1 aromatic carbocycles. The number of aliphatic hydroxyl groups excluding tert-OH is 1. The number of hydrogen-bond acceptors (Lipinski definition) is 3. The molecule has 0 saturated heterocycles. The standard InChI is InChI=1S/C14H18Cl2N2O2/c1-18(7-12(19)9-5-6-9)8-13(20)17-11-4-2-3-10(15)14(11)16/h2-4,9,12,19H,5-8H2,1H3,(H,17,20). The van der Waals surface area contributed by atoms with Gasteiger partial charge < -0.3 is 10.4 Å². The molecule has 0 radical (unpaired) electrons. The normalized spacial score (nSPS) is 16.2. The molecule has 20 heavy (non-hydrogen) atoms. The molecule has 1 aromatic rings. The lowest BCUT2D eigenvalue weighted by molar-refractivity contribution is -0.117. The topological polar surface area (TPSA) is 52.6 Å². The molecule has 0 bridgehead atoms. The maximum atomic E-state index is 11.9. The monoisotopic (exact) mass is 316 g/mol. The van der Waals surface area contributed by atoms with Crippen molar-refractivity contribution in [2.45, 2.75) is 18.9 Å². The average Bonchev–Trinajstić information content (AvgIpc) is 3.18. The van der Waals surface area contributed by atoms with Crippen LogP contribution in [-0.4, -0.2) is 42.2 Å². The number of hydrogen-bond donors (Lipinski definition) is 2. The van der Waals surface area contributed by atoms with Gasteiger partial charge in [0.15, 0.2) is 0 Å². The van der Waals surface area contributed by atoms with Crippen LogP contribution in [0.1, 0.15) is 12.8 Å². The van der Waals surface area contributed by atoms with Gasteiger partial charge in [-0.25, -0.2) is 0 Å². The highest BCUT2D eigenvalue weighted by Gasteiger charge is 2.30. The highest BCUT2D eigenvalue weighted by atomic mass is 35.5. The first kappa shape index (κ1) is 15.6. The number of nitrogens with one attached hydrogen (secondary N) is 1. The molecular weight excluding hydrogens is 299 g/mol. The number of carbonyl (C=O) groups excluding carboxylic acids is 1. The van der Waals surface area contributed by atoms with Crippen molar-refractivity contribution in [2.75, 3.05) is 25.5 Å². The summed E-state index contributed by atoms with van der Waals surface area (Å²) in [6.45, 7) is 0.702. The van der Waals surface area contributed by atoms with Crippen molar-refractivity contribution in [3.8, 4) is 0 Å². The Kier molecular flexibility index (Phi) is 5.27. The second-order valence-corrected chi connectivity index (χ2v) is 6.04. The summed E-state index contributed by atoms with van der Waals surface area (Å²) in [4.78, 5) is 13.7. The minimum atomic E-state index is -0.345. The van der Waals surface area contributed by atoms with E-state index in [1.165, 1.54) is 0 Å². The molecular formula is C14H18Cl2N2O2. The third-order valence-electron chi connectivity index (χ3n) is 3.30. The summed E-state index contributed by atoms with van der Waals surface area (Å²) in [6.07, 6.45) is 1.82. The fourth-order valence-electron chi connectivity index (χ4n) is 2.05. The molecule has 4 nitrogen and oxygen atoms in total. The lowest BCUT2D eigenvalue weighted by Crippen LogP contribution is -2.36. The maximum absolute atomic E-state index is 11.9. The Morgan fingerprint density at radius 2 is 2.20 bits per heavy atom. The van der Waals surface area contributed by atoms with Crippen LogP contribution in [0.25, 0.3) is 0 Å². The Hall–Kier alpha value is -0.810. The molecule has 0 aromatic heterocycles. The highest BCUT2D eigenvalue weighted by Crippen LogP contribution is 2.32. The van der Waals surface area contributed by atoms with Crippen LogP contribution >= 0.6 is 23.2 Å². The SMILES string of the molecule is CN(CC(=O)Nc1cccc(Cl)c1Cl)CC(O)C1CC1. The van der Waals surface area contributed by atoms with E-state index in [-0.39, 0.29) is 18.6 Å². The van der Waals surface area contributed by atoms with Crippen molar-refractivity contribution in [3.05, 3.63) is 28.2 Å². The van der Waals surface area contributed by atoms with E-state index < -0.39 is 0 Å². The number of aliphatic hydroxyl groups is 1. The quantitative estimate of drug-likeness (QED) is 0.848. The van der Waals surface area contributed by atoms with Gasteiger partial charge in [0.1, 0.15) is 0 Å². The molecule has 2 N–H and O–H groups in total. The van der Waals surface area contributed by atoms with Gasteiger partial charge in [0, 0.05) is 6.54 Å². The molecule has 1 atom stereocenters. The average molecular weight is 317 g/mol. The van der Waals surface area contributed by atoms with E-state index in [2.05, 4.69) is 5.32 Å². The summed E-state index contributed by atoms with van der Waals surface area (Å²) in [6, 6.07) is 5.09. The van der Waals surface area contributed by atoms with Crippen LogP contribution in [0.2, 0.25) is 10.0 Å². The second kappa shape index (κ2) is 6.76. The van der Waals surface area contributed by atoms with E-state index in [9.17, 15) is 9.90 Å². The van der Waals surface area contributed by atoms with Gasteiger partial charge >= 0.3 is 0 Å². The van der Waals surface area contributed by atoms with E-state index in [1.54, 1.807) is 23.1 Å². The van der Waals surface area contributed by atoms with E-state index in [1.807, 2.05) is 7.05 Å². The molecule has 0 aliphatic heterocycles. The lowest BCUT2D eigenvalue weighted by atomic mass is 10.2. The Morgan fingerprint density at radius 3 is 2.85 bits per heavy atom. The molecule has 110 valence electrons. The summed E-state index contributed by atoms with van der Waals surface area (Å²) in [5, 5.41) is 13.3. The van der Waals surface area contributed by atoms with Crippen molar-refractivity contribution >= 4 is 34.8 Å². The number of rotatable bonds is 6. The van der Waals surface area contributed by atoms with Crippen molar-refractivity contribution in [2.24, 2.45) is 5.92 Å². The molecule has 1 saturated carbocycles. The third kappa shape index (κ3) is 4.35. The molecule has 2 rings (SSSR count). The van der Waals surface area contributed by atoms with Crippen molar-refractivity contribution in [3.63, 3.8) is 0 Å². The van der Waals surface area contributed by atoms with E-state index in [0.717, 1.165) is 12.8 Å². The molecule has 1 amide bonds. The van der Waals surface area contributed by atoms with E-state index >= 15 is 0 Å². The van der Waals surface area contributed by atoms with Gasteiger partial charge in [0.05, 0.1) is 28.4 Å². The second-order valence-electron chi connectivity index (χ2n) is 5.25. The molecule has 1 aliphatic rings. The zero-order valence-electron chi connectivity index (χ0n) is 11.3. The molecule has 1 unspecified atom stereocenters. The predicted molar refractivity (Wildman–Crippen MR) is 81.3 cm³/mol. The number of halogens is 2. The van der Waals surface area contributed by atoms with Crippen LogP contribution < -0.4 is 5.32 Å². The Morgan fingerprint density at radius 1 is 1.50 bits per heavy atom. The first-order valence-electron chi connectivity index (χ1n) is 6.58. The van der Waals surface area contributed by atoms with Crippen LogP contribution in [0.15, 0.2) is 18.2 Å². The fourth-order valence-corrected chi connectivity index (χ4v) is 2.40. The van der Waals surface area contributed by atoms with Gasteiger partial charge in [0.25, 0.3) is 0 Å². The molecule has 0 spiro atoms. The van der Waals surface area contributed by atoms with Crippen LogP contribution in [0.5, 0.6) is 0 Å². The number of amides is 1. The molecule has 0 heterocycles. The summed E-state index contributed by atoms with van der Waals surface area (Å²) in [5.74, 6) is 0.225. The number of benzene rings is 1. The minimum Gasteiger partial charge on any atom is -0.392 e. The maximum Gasteiger partial charge on any atom is 0.238 e. The van der Waals surface area contributed by atoms with Gasteiger partial charge in [-0.1, -0.05) is 29.3 Å². The van der Waals surface area contributed by atoms with Gasteiger partial charge in [-0.2, -0.15) is 0 Å². The van der Waals surface area contributed by atoms with Crippen LogP contribution in [0, 0.1) is 5.92 Å². The number of carbonyl (C=O) groups is 1. The van der Waals surface area contributed by atoms with Gasteiger partial charge in [0.2, 0.25) is 5.91 Å². The zero-order chi connectivity index (χ0) is 14.7. The lowest BCUT2D eigenvalue weighted by Gasteiger charge is -2.20.